The topological polar surface area (TPSA) is 75.1 Å². The fourth-order valence-corrected chi connectivity index (χ4v) is 2.76. The van der Waals surface area contributed by atoms with Crippen molar-refractivity contribution in [3.05, 3.63) is 59.2 Å². The van der Waals surface area contributed by atoms with E-state index in [0.29, 0.717) is 18.3 Å². The minimum Gasteiger partial charge on any atom is -0.481 e. The Hall–Kier alpha value is -2.27. The van der Waals surface area contributed by atoms with E-state index in [1.54, 1.807) is 6.07 Å². The fourth-order valence-electron chi connectivity index (χ4n) is 2.76. The van der Waals surface area contributed by atoms with Crippen molar-refractivity contribution in [2.75, 3.05) is 0 Å². The molecule has 0 aliphatic rings. The molecule has 0 bridgehead atoms. The Kier molecular flexibility index (Phi) is 7.54. The summed E-state index contributed by atoms with van der Waals surface area (Å²) in [5.74, 6) is -0.860. The van der Waals surface area contributed by atoms with Gasteiger partial charge in [-0.25, -0.2) is 0 Å². The van der Waals surface area contributed by atoms with Gasteiger partial charge in [-0.05, 0) is 36.6 Å². The second-order valence-corrected chi connectivity index (χ2v) is 6.29. The second kappa shape index (κ2) is 9.89. The van der Waals surface area contributed by atoms with Gasteiger partial charge in [0, 0.05) is 30.9 Å². The number of aliphatic carboxylic acids is 1. The number of nitrogens with zero attached hydrogens (tertiary/aromatic N) is 2. The lowest BCUT2D eigenvalue weighted by molar-refractivity contribution is -0.136. The second-order valence-electron chi connectivity index (χ2n) is 6.29. The zero-order chi connectivity index (χ0) is 18.1. The van der Waals surface area contributed by atoms with Crippen LogP contribution in [0.25, 0.3) is 0 Å². The van der Waals surface area contributed by atoms with Gasteiger partial charge < -0.3 is 10.4 Å². The number of carboxylic acid groups (broad SMARTS) is 1. The van der Waals surface area contributed by atoms with Crippen molar-refractivity contribution >= 4 is 5.97 Å². The van der Waals surface area contributed by atoms with E-state index in [1.807, 2.05) is 18.3 Å². The van der Waals surface area contributed by atoms with Gasteiger partial charge in [-0.3, -0.25) is 14.8 Å². The average molecular weight is 341 g/mol. The fraction of sp³-hybridized carbons (Fsp3) is 0.450. The van der Waals surface area contributed by atoms with Gasteiger partial charge in [0.15, 0.2) is 0 Å². The minimum atomic E-state index is -0.860. The van der Waals surface area contributed by atoms with E-state index in [0.717, 1.165) is 37.1 Å². The van der Waals surface area contributed by atoms with Crippen LogP contribution in [0.2, 0.25) is 0 Å². The number of rotatable bonds is 10. The van der Waals surface area contributed by atoms with Crippen molar-refractivity contribution in [2.24, 2.45) is 0 Å². The highest BCUT2D eigenvalue weighted by molar-refractivity contribution is 5.69. The number of aryl methyl sites for hydroxylation is 1. The molecule has 0 aromatic carbocycles. The lowest BCUT2D eigenvalue weighted by Gasteiger charge is -2.17. The van der Waals surface area contributed by atoms with Crippen LogP contribution in [-0.4, -0.2) is 27.1 Å². The SMILES string of the molecule is CCCc1ccc(CC(CC)NCc2cccc(CC(=O)O)n2)nc1. The molecule has 0 aliphatic carbocycles. The van der Waals surface area contributed by atoms with Crippen LogP contribution in [0.3, 0.4) is 0 Å². The molecule has 2 N–H and O–H groups in total. The number of hydrogen-bond acceptors (Lipinski definition) is 4. The van der Waals surface area contributed by atoms with Gasteiger partial charge in [-0.15, -0.1) is 0 Å². The summed E-state index contributed by atoms with van der Waals surface area (Å²) in [4.78, 5) is 19.8. The smallest absolute Gasteiger partial charge is 0.309 e. The lowest BCUT2D eigenvalue weighted by atomic mass is 10.1. The maximum Gasteiger partial charge on any atom is 0.309 e. The van der Waals surface area contributed by atoms with Crippen molar-refractivity contribution < 1.29 is 9.90 Å². The summed E-state index contributed by atoms with van der Waals surface area (Å²) in [7, 11) is 0. The molecule has 2 aromatic rings. The molecule has 5 heteroatoms. The Morgan fingerprint density at radius 1 is 1.16 bits per heavy atom. The van der Waals surface area contributed by atoms with Gasteiger partial charge in [0.2, 0.25) is 0 Å². The highest BCUT2D eigenvalue weighted by Gasteiger charge is 2.09. The Labute approximate surface area is 149 Å². The van der Waals surface area contributed by atoms with Crippen molar-refractivity contribution in [3.63, 3.8) is 0 Å². The number of nitrogens with one attached hydrogen (secondary N) is 1. The van der Waals surface area contributed by atoms with Crippen molar-refractivity contribution in [1.29, 1.82) is 0 Å². The first-order valence-electron chi connectivity index (χ1n) is 8.94. The zero-order valence-electron chi connectivity index (χ0n) is 15.0. The average Bonchev–Trinajstić information content (AvgIpc) is 2.60. The van der Waals surface area contributed by atoms with E-state index in [4.69, 9.17) is 5.11 Å². The molecule has 0 radical (unpaired) electrons. The maximum atomic E-state index is 10.8. The Balaban J connectivity index is 1.90. The van der Waals surface area contributed by atoms with Crippen LogP contribution in [0.5, 0.6) is 0 Å². The third-order valence-corrected chi connectivity index (χ3v) is 4.14. The molecule has 134 valence electrons. The molecule has 2 aromatic heterocycles. The highest BCUT2D eigenvalue weighted by Crippen LogP contribution is 2.08. The molecule has 1 atom stereocenters. The standard InChI is InChI=1S/C20H27N3O2/c1-3-6-15-9-10-17(21-13-15)11-16(4-2)22-14-19-8-5-7-18(23-19)12-20(24)25/h5,7-10,13,16,22H,3-4,6,11-12,14H2,1-2H3,(H,24,25). The van der Waals surface area contributed by atoms with E-state index in [-0.39, 0.29) is 6.42 Å². The molecule has 0 aliphatic heterocycles. The minimum absolute atomic E-state index is 0.0426. The Morgan fingerprint density at radius 2 is 1.96 bits per heavy atom. The largest absolute Gasteiger partial charge is 0.481 e. The number of carboxylic acids is 1. The molecule has 0 saturated heterocycles. The van der Waals surface area contributed by atoms with Crippen molar-refractivity contribution in [1.82, 2.24) is 15.3 Å². The predicted molar refractivity (Wildman–Crippen MR) is 98.4 cm³/mol. The van der Waals surface area contributed by atoms with Crippen LogP contribution < -0.4 is 5.32 Å². The monoisotopic (exact) mass is 341 g/mol. The van der Waals surface area contributed by atoms with E-state index >= 15 is 0 Å². The van der Waals surface area contributed by atoms with Gasteiger partial charge in [-0.2, -0.15) is 0 Å². The first-order valence-corrected chi connectivity index (χ1v) is 8.94. The van der Waals surface area contributed by atoms with E-state index in [9.17, 15) is 4.79 Å². The summed E-state index contributed by atoms with van der Waals surface area (Å²) in [6, 6.07) is 10.1. The highest BCUT2D eigenvalue weighted by atomic mass is 16.4. The van der Waals surface area contributed by atoms with Gasteiger partial charge >= 0.3 is 5.97 Å². The summed E-state index contributed by atoms with van der Waals surface area (Å²) >= 11 is 0. The number of hydrogen-bond donors (Lipinski definition) is 2. The van der Waals surface area contributed by atoms with Crippen LogP contribution >= 0.6 is 0 Å². The van der Waals surface area contributed by atoms with Crippen LogP contribution in [0, 0.1) is 0 Å². The Bertz CT molecular complexity index is 671. The summed E-state index contributed by atoms with van der Waals surface area (Å²) in [5, 5.41) is 12.4. The van der Waals surface area contributed by atoms with Gasteiger partial charge in [-0.1, -0.05) is 32.4 Å². The quantitative estimate of drug-likeness (QED) is 0.694. The number of carbonyl (C=O) groups is 1. The molecule has 5 nitrogen and oxygen atoms in total. The summed E-state index contributed by atoms with van der Waals surface area (Å²) in [6.45, 7) is 4.95. The maximum absolute atomic E-state index is 10.8. The van der Waals surface area contributed by atoms with Gasteiger partial charge in [0.25, 0.3) is 0 Å². The molecule has 0 spiro atoms. The Morgan fingerprint density at radius 3 is 2.60 bits per heavy atom. The molecule has 25 heavy (non-hydrogen) atoms. The predicted octanol–water partition coefficient (Wildman–Crippen LogP) is 3.17. The van der Waals surface area contributed by atoms with Gasteiger partial charge in [0.1, 0.15) is 0 Å². The molecule has 2 rings (SSSR count). The number of aromatic nitrogens is 2. The van der Waals surface area contributed by atoms with Crippen LogP contribution in [0.1, 0.15) is 49.3 Å². The van der Waals surface area contributed by atoms with E-state index in [1.165, 1.54) is 5.56 Å². The lowest BCUT2D eigenvalue weighted by Crippen LogP contribution is -2.30. The third-order valence-electron chi connectivity index (χ3n) is 4.14. The summed E-state index contributed by atoms with van der Waals surface area (Å²) in [6.07, 6.45) is 6.00. The summed E-state index contributed by atoms with van der Waals surface area (Å²) < 4.78 is 0. The molecular formula is C20H27N3O2. The van der Waals surface area contributed by atoms with Crippen LogP contribution in [0.15, 0.2) is 36.5 Å². The van der Waals surface area contributed by atoms with E-state index < -0.39 is 5.97 Å². The normalized spacial score (nSPS) is 12.1. The van der Waals surface area contributed by atoms with E-state index in [2.05, 4.69) is 41.3 Å². The molecule has 0 saturated carbocycles. The van der Waals surface area contributed by atoms with Crippen molar-refractivity contribution in [3.8, 4) is 0 Å². The molecule has 0 amide bonds. The molecular weight excluding hydrogens is 314 g/mol. The van der Waals surface area contributed by atoms with Crippen LogP contribution in [0.4, 0.5) is 0 Å². The van der Waals surface area contributed by atoms with Crippen molar-refractivity contribution in [2.45, 2.75) is 58.5 Å². The number of pyridine rings is 2. The molecule has 1 unspecified atom stereocenters. The molecule has 2 heterocycles. The van der Waals surface area contributed by atoms with Crippen LogP contribution in [-0.2, 0) is 30.6 Å². The zero-order valence-corrected chi connectivity index (χ0v) is 15.0. The third kappa shape index (κ3) is 6.63. The van der Waals surface area contributed by atoms with Gasteiger partial charge in [0.05, 0.1) is 17.8 Å². The molecule has 0 fully saturated rings. The first-order chi connectivity index (χ1) is 12.1. The summed E-state index contributed by atoms with van der Waals surface area (Å²) in [5.41, 5.74) is 3.83. The first kappa shape index (κ1) is 19.1.